The number of nitrogens with two attached hydrogens (primary N) is 1. The van der Waals surface area contributed by atoms with Crippen LogP contribution in [0.25, 0.3) is 0 Å². The number of rotatable bonds is 4. The molecule has 2 nitrogen and oxygen atoms in total. The molecule has 0 spiro atoms. The van der Waals surface area contributed by atoms with E-state index >= 15 is 0 Å². The van der Waals surface area contributed by atoms with Crippen LogP contribution in [0.2, 0.25) is 0 Å². The van der Waals surface area contributed by atoms with Crippen LogP contribution in [0.5, 0.6) is 0 Å². The van der Waals surface area contributed by atoms with Gasteiger partial charge in [0.1, 0.15) is 0 Å². The van der Waals surface area contributed by atoms with E-state index in [1.807, 2.05) is 0 Å². The zero-order chi connectivity index (χ0) is 14.5. The molecule has 0 aromatic heterocycles. The Morgan fingerprint density at radius 1 is 0.952 bits per heavy atom. The van der Waals surface area contributed by atoms with Crippen molar-refractivity contribution in [2.24, 2.45) is 11.7 Å². The van der Waals surface area contributed by atoms with E-state index in [0.717, 1.165) is 13.0 Å². The standard InChI is InChI=1S/C19H29NO/c20-14-17-12-11-16(15-7-3-1-4-8-15)13-19(17)21-18-9-5-2-6-10-18/h1,3-4,7-8,16-19H,2,5-6,9-14,20H2. The van der Waals surface area contributed by atoms with Gasteiger partial charge in [-0.15, -0.1) is 0 Å². The Labute approximate surface area is 129 Å². The van der Waals surface area contributed by atoms with Crippen molar-refractivity contribution in [1.82, 2.24) is 0 Å². The van der Waals surface area contributed by atoms with Gasteiger partial charge in [0.05, 0.1) is 12.2 Å². The first-order valence-corrected chi connectivity index (χ1v) is 8.77. The molecule has 0 aliphatic heterocycles. The van der Waals surface area contributed by atoms with Crippen molar-refractivity contribution in [3.63, 3.8) is 0 Å². The Hall–Kier alpha value is -0.860. The van der Waals surface area contributed by atoms with E-state index in [4.69, 9.17) is 10.5 Å². The SMILES string of the molecule is NCC1CCC(c2ccccc2)CC1OC1CCCCC1. The lowest BCUT2D eigenvalue weighted by Crippen LogP contribution is -2.38. The monoisotopic (exact) mass is 287 g/mol. The molecule has 2 aliphatic rings. The largest absolute Gasteiger partial charge is 0.375 e. The summed E-state index contributed by atoms with van der Waals surface area (Å²) in [5.74, 6) is 1.22. The predicted octanol–water partition coefficient (Wildman–Crippen LogP) is 4.25. The van der Waals surface area contributed by atoms with Crippen LogP contribution in [0, 0.1) is 5.92 Å². The molecule has 3 rings (SSSR count). The van der Waals surface area contributed by atoms with E-state index in [1.54, 1.807) is 0 Å². The first-order valence-electron chi connectivity index (χ1n) is 8.77. The summed E-state index contributed by atoms with van der Waals surface area (Å²) in [5, 5.41) is 0. The lowest BCUT2D eigenvalue weighted by atomic mass is 9.76. The Bertz CT molecular complexity index is 413. The molecule has 0 radical (unpaired) electrons. The van der Waals surface area contributed by atoms with E-state index in [2.05, 4.69) is 30.3 Å². The van der Waals surface area contributed by atoms with Crippen molar-refractivity contribution in [3.05, 3.63) is 35.9 Å². The van der Waals surface area contributed by atoms with Crippen LogP contribution in [-0.2, 0) is 4.74 Å². The zero-order valence-corrected chi connectivity index (χ0v) is 13.0. The van der Waals surface area contributed by atoms with Crippen molar-refractivity contribution >= 4 is 0 Å². The second-order valence-electron chi connectivity index (χ2n) is 6.85. The van der Waals surface area contributed by atoms with E-state index < -0.39 is 0 Å². The minimum Gasteiger partial charge on any atom is -0.375 e. The lowest BCUT2D eigenvalue weighted by Gasteiger charge is -2.38. The number of hydrogen-bond acceptors (Lipinski definition) is 2. The normalized spacial score (nSPS) is 31.2. The van der Waals surface area contributed by atoms with Gasteiger partial charge in [0.2, 0.25) is 0 Å². The van der Waals surface area contributed by atoms with Crippen molar-refractivity contribution in [2.45, 2.75) is 69.5 Å². The quantitative estimate of drug-likeness (QED) is 0.898. The molecule has 116 valence electrons. The Morgan fingerprint density at radius 3 is 2.43 bits per heavy atom. The number of hydrogen-bond donors (Lipinski definition) is 1. The van der Waals surface area contributed by atoms with Gasteiger partial charge >= 0.3 is 0 Å². The minimum absolute atomic E-state index is 0.372. The highest BCUT2D eigenvalue weighted by molar-refractivity contribution is 5.20. The minimum atomic E-state index is 0.372. The molecule has 0 amide bonds. The maximum Gasteiger partial charge on any atom is 0.0624 e. The van der Waals surface area contributed by atoms with E-state index in [0.29, 0.717) is 24.0 Å². The third kappa shape index (κ3) is 3.87. The fourth-order valence-corrected chi connectivity index (χ4v) is 4.10. The van der Waals surface area contributed by atoms with Gasteiger partial charge in [0.25, 0.3) is 0 Å². The van der Waals surface area contributed by atoms with Gasteiger partial charge in [-0.2, -0.15) is 0 Å². The molecule has 3 atom stereocenters. The van der Waals surface area contributed by atoms with Gasteiger partial charge in [-0.1, -0.05) is 49.6 Å². The molecule has 0 saturated heterocycles. The van der Waals surface area contributed by atoms with Crippen LogP contribution in [0.4, 0.5) is 0 Å². The van der Waals surface area contributed by atoms with Crippen molar-refractivity contribution < 1.29 is 4.74 Å². The molecular weight excluding hydrogens is 258 g/mol. The van der Waals surface area contributed by atoms with Crippen LogP contribution >= 0.6 is 0 Å². The third-order valence-electron chi connectivity index (χ3n) is 5.42. The van der Waals surface area contributed by atoms with Crippen molar-refractivity contribution in [1.29, 1.82) is 0 Å². The molecule has 1 aromatic rings. The van der Waals surface area contributed by atoms with Gasteiger partial charge in [0, 0.05) is 0 Å². The van der Waals surface area contributed by atoms with Gasteiger partial charge in [0.15, 0.2) is 0 Å². The number of ether oxygens (including phenoxy) is 1. The second kappa shape index (κ2) is 7.42. The predicted molar refractivity (Wildman–Crippen MR) is 87.3 cm³/mol. The molecule has 2 heteroatoms. The van der Waals surface area contributed by atoms with Crippen LogP contribution in [0.1, 0.15) is 62.8 Å². The maximum atomic E-state index is 6.51. The van der Waals surface area contributed by atoms with Crippen LogP contribution in [0.15, 0.2) is 30.3 Å². The summed E-state index contributed by atoms with van der Waals surface area (Å²) in [5.41, 5.74) is 7.48. The van der Waals surface area contributed by atoms with E-state index in [-0.39, 0.29) is 0 Å². The summed E-state index contributed by atoms with van der Waals surface area (Å²) in [7, 11) is 0. The average molecular weight is 287 g/mol. The van der Waals surface area contributed by atoms with Crippen molar-refractivity contribution in [3.8, 4) is 0 Å². The van der Waals surface area contributed by atoms with Crippen LogP contribution < -0.4 is 5.73 Å². The van der Waals surface area contributed by atoms with Crippen LogP contribution in [-0.4, -0.2) is 18.8 Å². The molecule has 1 aromatic carbocycles. The van der Waals surface area contributed by atoms with Crippen LogP contribution in [0.3, 0.4) is 0 Å². The zero-order valence-electron chi connectivity index (χ0n) is 13.0. The highest BCUT2D eigenvalue weighted by Gasteiger charge is 2.33. The molecular formula is C19H29NO. The molecule has 0 bridgehead atoms. The van der Waals surface area contributed by atoms with Gasteiger partial charge in [-0.3, -0.25) is 0 Å². The first-order chi connectivity index (χ1) is 10.4. The molecule has 21 heavy (non-hydrogen) atoms. The fourth-order valence-electron chi connectivity index (χ4n) is 4.10. The average Bonchev–Trinajstić information content (AvgIpc) is 2.56. The summed E-state index contributed by atoms with van der Waals surface area (Å²) in [6.07, 6.45) is 11.1. The Kier molecular flexibility index (Phi) is 5.32. The van der Waals surface area contributed by atoms with Gasteiger partial charge in [-0.25, -0.2) is 0 Å². The summed E-state index contributed by atoms with van der Waals surface area (Å²) in [6, 6.07) is 10.9. The van der Waals surface area contributed by atoms with Gasteiger partial charge < -0.3 is 10.5 Å². The molecule has 2 N–H and O–H groups in total. The Balaban J connectivity index is 1.64. The second-order valence-corrected chi connectivity index (χ2v) is 6.85. The fraction of sp³-hybridized carbons (Fsp3) is 0.684. The maximum absolute atomic E-state index is 6.51. The first kappa shape index (κ1) is 15.1. The topological polar surface area (TPSA) is 35.2 Å². The molecule has 3 unspecified atom stereocenters. The highest BCUT2D eigenvalue weighted by Crippen LogP contribution is 2.38. The molecule has 2 aliphatic carbocycles. The summed E-state index contributed by atoms with van der Waals surface area (Å²) >= 11 is 0. The smallest absolute Gasteiger partial charge is 0.0624 e. The summed E-state index contributed by atoms with van der Waals surface area (Å²) in [6.45, 7) is 0.777. The summed E-state index contributed by atoms with van der Waals surface area (Å²) in [4.78, 5) is 0. The van der Waals surface area contributed by atoms with E-state index in [9.17, 15) is 0 Å². The molecule has 2 saturated carbocycles. The highest BCUT2D eigenvalue weighted by atomic mass is 16.5. The van der Waals surface area contributed by atoms with E-state index in [1.165, 1.54) is 50.5 Å². The van der Waals surface area contributed by atoms with Gasteiger partial charge in [-0.05, 0) is 56.0 Å². The number of benzene rings is 1. The van der Waals surface area contributed by atoms with Crippen molar-refractivity contribution in [2.75, 3.05) is 6.54 Å². The molecule has 2 fully saturated rings. The Morgan fingerprint density at radius 2 is 1.71 bits per heavy atom. The molecule has 0 heterocycles. The third-order valence-corrected chi connectivity index (χ3v) is 5.42. The summed E-state index contributed by atoms with van der Waals surface area (Å²) < 4.78 is 6.51. The lowest BCUT2D eigenvalue weighted by molar-refractivity contribution is -0.0739.